The summed E-state index contributed by atoms with van der Waals surface area (Å²) in [5, 5.41) is 0. The second kappa shape index (κ2) is 5.52. The highest BCUT2D eigenvalue weighted by molar-refractivity contribution is 5.48. The quantitative estimate of drug-likeness (QED) is 0.862. The highest BCUT2D eigenvalue weighted by atomic mass is 15.2. The zero-order valence-electron chi connectivity index (χ0n) is 10.9. The van der Waals surface area contributed by atoms with Gasteiger partial charge in [-0.1, -0.05) is 12.1 Å². The molecule has 0 amide bonds. The lowest BCUT2D eigenvalue weighted by molar-refractivity contribution is 0.258. The van der Waals surface area contributed by atoms with Crippen LogP contribution in [0, 0.1) is 0 Å². The lowest BCUT2D eigenvalue weighted by atomic mass is 10.0. The molecule has 94 valence electrons. The van der Waals surface area contributed by atoms with Gasteiger partial charge in [0, 0.05) is 31.4 Å². The van der Waals surface area contributed by atoms with E-state index in [1.165, 1.54) is 30.6 Å². The van der Waals surface area contributed by atoms with Crippen molar-refractivity contribution in [1.82, 2.24) is 4.90 Å². The summed E-state index contributed by atoms with van der Waals surface area (Å²) in [4.78, 5) is 4.81. The van der Waals surface area contributed by atoms with Crippen LogP contribution in [-0.2, 0) is 6.54 Å². The van der Waals surface area contributed by atoms with E-state index in [9.17, 15) is 0 Å². The summed E-state index contributed by atoms with van der Waals surface area (Å²) < 4.78 is 0. The Morgan fingerprint density at radius 3 is 2.59 bits per heavy atom. The second-order valence-corrected chi connectivity index (χ2v) is 5.08. The standard InChI is InChI=1S/C14H23N3/c1-16(2)14-4-3-9-17(11-14)13-7-5-12(10-15)6-8-13/h5-8,14H,3-4,9-11,15H2,1-2H3. The van der Waals surface area contributed by atoms with Crippen molar-refractivity contribution < 1.29 is 0 Å². The summed E-state index contributed by atoms with van der Waals surface area (Å²) in [7, 11) is 4.34. The number of nitrogens with zero attached hydrogens (tertiary/aromatic N) is 2. The number of hydrogen-bond acceptors (Lipinski definition) is 3. The number of anilines is 1. The molecule has 17 heavy (non-hydrogen) atoms. The zero-order valence-corrected chi connectivity index (χ0v) is 10.9. The fourth-order valence-corrected chi connectivity index (χ4v) is 2.45. The molecule has 3 heteroatoms. The van der Waals surface area contributed by atoms with Crippen molar-refractivity contribution in [1.29, 1.82) is 0 Å². The molecule has 1 unspecified atom stereocenters. The molecule has 0 radical (unpaired) electrons. The normalized spacial score (nSPS) is 20.9. The SMILES string of the molecule is CN(C)C1CCCN(c2ccc(CN)cc2)C1. The molecule has 1 heterocycles. The Morgan fingerprint density at radius 1 is 1.29 bits per heavy atom. The van der Waals surface area contributed by atoms with Crippen molar-refractivity contribution in [2.45, 2.75) is 25.4 Å². The number of likely N-dealkylation sites (N-methyl/N-ethyl adjacent to an activating group) is 1. The van der Waals surface area contributed by atoms with Crippen LogP contribution in [-0.4, -0.2) is 38.1 Å². The van der Waals surface area contributed by atoms with Crippen molar-refractivity contribution in [2.24, 2.45) is 5.73 Å². The van der Waals surface area contributed by atoms with Crippen LogP contribution in [0.15, 0.2) is 24.3 Å². The van der Waals surface area contributed by atoms with Crippen LogP contribution >= 0.6 is 0 Å². The Bertz CT molecular complexity index is 345. The summed E-state index contributed by atoms with van der Waals surface area (Å²) >= 11 is 0. The molecule has 1 atom stereocenters. The third kappa shape index (κ3) is 2.99. The number of hydrogen-bond donors (Lipinski definition) is 1. The molecular weight excluding hydrogens is 210 g/mol. The molecule has 1 saturated heterocycles. The van der Waals surface area contributed by atoms with Crippen LogP contribution in [0.1, 0.15) is 18.4 Å². The summed E-state index contributed by atoms with van der Waals surface area (Å²) in [5.74, 6) is 0. The minimum atomic E-state index is 0.626. The van der Waals surface area contributed by atoms with Crippen molar-refractivity contribution >= 4 is 5.69 Å². The first-order valence-corrected chi connectivity index (χ1v) is 6.41. The van der Waals surface area contributed by atoms with Gasteiger partial charge in [0.1, 0.15) is 0 Å². The molecule has 0 aromatic heterocycles. The molecule has 2 rings (SSSR count). The first kappa shape index (κ1) is 12.4. The van der Waals surface area contributed by atoms with Gasteiger partial charge in [0.25, 0.3) is 0 Å². The van der Waals surface area contributed by atoms with Crippen molar-refractivity contribution in [3.8, 4) is 0 Å². The van der Waals surface area contributed by atoms with Gasteiger partial charge in [0.05, 0.1) is 0 Å². The number of rotatable bonds is 3. The smallest absolute Gasteiger partial charge is 0.0366 e. The molecule has 2 N–H and O–H groups in total. The topological polar surface area (TPSA) is 32.5 Å². The van der Waals surface area contributed by atoms with Gasteiger partial charge in [0.2, 0.25) is 0 Å². The Hall–Kier alpha value is -1.06. The third-order valence-corrected chi connectivity index (χ3v) is 3.66. The lowest BCUT2D eigenvalue weighted by Gasteiger charge is -2.37. The minimum Gasteiger partial charge on any atom is -0.370 e. The zero-order chi connectivity index (χ0) is 12.3. The molecule has 3 nitrogen and oxygen atoms in total. The predicted octanol–water partition coefficient (Wildman–Crippen LogP) is 1.68. The average molecular weight is 233 g/mol. The van der Waals surface area contributed by atoms with E-state index < -0.39 is 0 Å². The van der Waals surface area contributed by atoms with E-state index in [4.69, 9.17) is 5.73 Å². The summed E-state index contributed by atoms with van der Waals surface area (Å²) in [6.45, 7) is 2.93. The van der Waals surface area contributed by atoms with Crippen LogP contribution in [0.3, 0.4) is 0 Å². The maximum absolute atomic E-state index is 5.62. The lowest BCUT2D eigenvalue weighted by Crippen LogP contribution is -2.45. The summed E-state index contributed by atoms with van der Waals surface area (Å²) in [6.07, 6.45) is 2.59. The molecular formula is C14H23N3. The molecule has 1 fully saturated rings. The van der Waals surface area contributed by atoms with Gasteiger partial charge in [0.15, 0.2) is 0 Å². The van der Waals surface area contributed by atoms with Crippen molar-refractivity contribution in [3.05, 3.63) is 29.8 Å². The summed E-state index contributed by atoms with van der Waals surface area (Å²) in [6, 6.07) is 9.34. The average Bonchev–Trinajstić information content (AvgIpc) is 2.39. The summed E-state index contributed by atoms with van der Waals surface area (Å²) in [5.41, 5.74) is 8.15. The fourth-order valence-electron chi connectivity index (χ4n) is 2.45. The van der Waals surface area contributed by atoms with E-state index in [1.807, 2.05) is 0 Å². The van der Waals surface area contributed by atoms with E-state index in [1.54, 1.807) is 0 Å². The van der Waals surface area contributed by atoms with E-state index in [2.05, 4.69) is 48.2 Å². The first-order valence-electron chi connectivity index (χ1n) is 6.41. The van der Waals surface area contributed by atoms with Crippen LogP contribution in [0.4, 0.5) is 5.69 Å². The van der Waals surface area contributed by atoms with Crippen LogP contribution in [0.5, 0.6) is 0 Å². The Labute approximate surface area is 104 Å². The molecule has 0 saturated carbocycles. The molecule has 0 spiro atoms. The maximum atomic E-state index is 5.62. The monoisotopic (exact) mass is 233 g/mol. The maximum Gasteiger partial charge on any atom is 0.0366 e. The van der Waals surface area contributed by atoms with E-state index in [0.717, 1.165) is 6.54 Å². The number of nitrogens with two attached hydrogens (primary N) is 1. The van der Waals surface area contributed by atoms with Crippen molar-refractivity contribution in [2.75, 3.05) is 32.1 Å². The van der Waals surface area contributed by atoms with Gasteiger partial charge in [-0.15, -0.1) is 0 Å². The van der Waals surface area contributed by atoms with E-state index >= 15 is 0 Å². The highest BCUT2D eigenvalue weighted by Crippen LogP contribution is 2.21. The third-order valence-electron chi connectivity index (χ3n) is 3.66. The van der Waals surface area contributed by atoms with Gasteiger partial charge >= 0.3 is 0 Å². The second-order valence-electron chi connectivity index (χ2n) is 5.08. The minimum absolute atomic E-state index is 0.626. The van der Waals surface area contributed by atoms with Gasteiger partial charge < -0.3 is 15.5 Å². The van der Waals surface area contributed by atoms with Gasteiger partial charge in [-0.25, -0.2) is 0 Å². The first-order chi connectivity index (χ1) is 8.20. The predicted molar refractivity (Wildman–Crippen MR) is 73.3 cm³/mol. The van der Waals surface area contributed by atoms with Gasteiger partial charge in [-0.05, 0) is 44.6 Å². The number of piperidine rings is 1. The van der Waals surface area contributed by atoms with Crippen LogP contribution in [0.25, 0.3) is 0 Å². The van der Waals surface area contributed by atoms with Crippen LogP contribution in [0.2, 0.25) is 0 Å². The molecule has 1 aliphatic heterocycles. The van der Waals surface area contributed by atoms with E-state index in [-0.39, 0.29) is 0 Å². The Balaban J connectivity index is 2.05. The largest absolute Gasteiger partial charge is 0.370 e. The number of benzene rings is 1. The Kier molecular flexibility index (Phi) is 4.02. The molecule has 1 aliphatic rings. The van der Waals surface area contributed by atoms with E-state index in [0.29, 0.717) is 12.6 Å². The van der Waals surface area contributed by atoms with Crippen molar-refractivity contribution in [3.63, 3.8) is 0 Å². The van der Waals surface area contributed by atoms with Gasteiger partial charge in [-0.2, -0.15) is 0 Å². The Morgan fingerprint density at radius 2 is 2.00 bits per heavy atom. The molecule has 1 aromatic rings. The van der Waals surface area contributed by atoms with Gasteiger partial charge in [-0.3, -0.25) is 0 Å². The molecule has 0 bridgehead atoms. The fraction of sp³-hybridized carbons (Fsp3) is 0.571. The molecule has 0 aliphatic carbocycles. The highest BCUT2D eigenvalue weighted by Gasteiger charge is 2.21. The molecule has 1 aromatic carbocycles. The van der Waals surface area contributed by atoms with Crippen LogP contribution < -0.4 is 10.6 Å².